The highest BCUT2D eigenvalue weighted by Crippen LogP contribution is 2.17. The highest BCUT2D eigenvalue weighted by Gasteiger charge is 2.18. The molecule has 12 heteroatoms. The first-order valence-electron chi connectivity index (χ1n) is 6.57. The average Bonchev–Trinajstić information content (AvgIpc) is 2.52. The predicted octanol–water partition coefficient (Wildman–Crippen LogP) is 0.0385. The Morgan fingerprint density at radius 2 is 2.04 bits per heavy atom. The van der Waals surface area contributed by atoms with Crippen molar-refractivity contribution in [1.82, 2.24) is 15.3 Å². The van der Waals surface area contributed by atoms with Gasteiger partial charge in [-0.3, -0.25) is 19.4 Å². The number of amides is 1. The molecule has 4 N–H and O–H groups in total. The fourth-order valence-corrected chi connectivity index (χ4v) is 2.95. The van der Waals surface area contributed by atoms with Gasteiger partial charge in [0.2, 0.25) is 5.95 Å². The van der Waals surface area contributed by atoms with Gasteiger partial charge in [-0.25, -0.2) is 18.1 Å². The number of H-pyrrole nitrogens is 1. The fourth-order valence-electron chi connectivity index (χ4n) is 1.68. The maximum absolute atomic E-state index is 12.2. The molecule has 0 spiro atoms. The van der Waals surface area contributed by atoms with Crippen molar-refractivity contribution in [2.45, 2.75) is 4.90 Å². The number of aromatic amines is 1. The van der Waals surface area contributed by atoms with Gasteiger partial charge in [-0.05, 0) is 18.2 Å². The summed E-state index contributed by atoms with van der Waals surface area (Å²) in [5, 5.41) is 10.7. The van der Waals surface area contributed by atoms with E-state index in [-0.39, 0.29) is 9.92 Å². The first-order valence-corrected chi connectivity index (χ1v) is 8.43. The van der Waals surface area contributed by atoms with Gasteiger partial charge in [-0.15, -0.1) is 0 Å². The van der Waals surface area contributed by atoms with Crippen molar-refractivity contribution in [3.63, 3.8) is 0 Å². The Bertz CT molecular complexity index is 988. The Kier molecular flexibility index (Phi) is 5.39. The summed E-state index contributed by atoms with van der Waals surface area (Å²) in [4.78, 5) is 39.4. The van der Waals surface area contributed by atoms with Crippen molar-refractivity contribution in [3.8, 4) is 0 Å². The molecular weight excluding hydrogens is 376 g/mol. The molecule has 132 valence electrons. The second-order valence-electron chi connectivity index (χ2n) is 4.61. The number of hydrogen-bond donors (Lipinski definition) is 4. The van der Waals surface area contributed by atoms with E-state index in [1.807, 2.05) is 10.0 Å². The first-order chi connectivity index (χ1) is 11.7. The molecular formula is C13H11ClN4O6S. The number of aliphatic carboxylic acids is 1. The van der Waals surface area contributed by atoms with Crippen LogP contribution < -0.4 is 15.6 Å². The lowest BCUT2D eigenvalue weighted by molar-refractivity contribution is -0.135. The topological polar surface area (TPSA) is 158 Å². The number of benzene rings is 1. The van der Waals surface area contributed by atoms with Crippen LogP contribution in [0.4, 0.5) is 5.95 Å². The number of rotatable bonds is 6. The Labute approximate surface area is 145 Å². The van der Waals surface area contributed by atoms with Gasteiger partial charge in [0, 0.05) is 11.2 Å². The molecule has 25 heavy (non-hydrogen) atoms. The van der Waals surface area contributed by atoms with Crippen LogP contribution in [0.1, 0.15) is 10.4 Å². The molecule has 0 bridgehead atoms. The van der Waals surface area contributed by atoms with Crippen LogP contribution in [0.3, 0.4) is 0 Å². The van der Waals surface area contributed by atoms with Gasteiger partial charge in [0.15, 0.2) is 0 Å². The zero-order chi connectivity index (χ0) is 18.6. The van der Waals surface area contributed by atoms with E-state index < -0.39 is 45.5 Å². The van der Waals surface area contributed by atoms with Crippen LogP contribution in [0.2, 0.25) is 5.02 Å². The predicted molar refractivity (Wildman–Crippen MR) is 87.1 cm³/mol. The number of carboxylic acids is 1. The van der Waals surface area contributed by atoms with Crippen LogP contribution in [-0.2, 0) is 14.8 Å². The van der Waals surface area contributed by atoms with Gasteiger partial charge >= 0.3 is 5.97 Å². The summed E-state index contributed by atoms with van der Waals surface area (Å²) in [6, 6.07) is 5.42. The van der Waals surface area contributed by atoms with Crippen LogP contribution in [0, 0.1) is 0 Å². The maximum atomic E-state index is 12.2. The minimum Gasteiger partial charge on any atom is -0.480 e. The Hall–Kier alpha value is -2.92. The number of halogens is 1. The fraction of sp³-hybridized carbons (Fsp3) is 0.0769. The second-order valence-corrected chi connectivity index (χ2v) is 6.73. The molecule has 1 aromatic carbocycles. The molecule has 0 saturated carbocycles. The Balaban J connectivity index is 2.22. The Morgan fingerprint density at radius 1 is 1.32 bits per heavy atom. The van der Waals surface area contributed by atoms with E-state index in [0.29, 0.717) is 0 Å². The first kappa shape index (κ1) is 18.4. The van der Waals surface area contributed by atoms with Gasteiger partial charge in [-0.2, -0.15) is 0 Å². The smallest absolute Gasteiger partial charge is 0.322 e. The molecule has 1 amide bonds. The van der Waals surface area contributed by atoms with Crippen molar-refractivity contribution < 1.29 is 23.1 Å². The molecule has 0 unspecified atom stereocenters. The van der Waals surface area contributed by atoms with E-state index in [2.05, 4.69) is 9.97 Å². The second kappa shape index (κ2) is 7.32. The standard InChI is InChI=1S/C13H11ClN4O6S/c14-7-2-1-3-8(4-7)25(23,24)18-13-16-5-9(12(22)17-13)11(21)15-6-10(19)20/h1-5H,6H2,(H,15,21)(H,19,20)(H2,16,17,18,22). The third-order valence-corrected chi connectivity index (χ3v) is 4.35. The van der Waals surface area contributed by atoms with Crippen LogP contribution in [0.25, 0.3) is 0 Å². The van der Waals surface area contributed by atoms with Gasteiger partial charge in [-0.1, -0.05) is 17.7 Å². The summed E-state index contributed by atoms with van der Waals surface area (Å²) in [5.74, 6) is -2.66. The highest BCUT2D eigenvalue weighted by atomic mass is 35.5. The SMILES string of the molecule is O=C(O)CNC(=O)c1cnc(NS(=O)(=O)c2cccc(Cl)c2)[nH]c1=O. The van der Waals surface area contributed by atoms with Crippen LogP contribution in [0.15, 0.2) is 40.2 Å². The number of nitrogens with zero attached hydrogens (tertiary/aromatic N) is 1. The number of carbonyl (C=O) groups excluding carboxylic acids is 1. The van der Waals surface area contributed by atoms with E-state index in [1.54, 1.807) is 0 Å². The number of anilines is 1. The largest absolute Gasteiger partial charge is 0.480 e. The summed E-state index contributed by atoms with van der Waals surface area (Å²) in [6.45, 7) is -0.679. The summed E-state index contributed by atoms with van der Waals surface area (Å²) in [6.07, 6.45) is 0.825. The summed E-state index contributed by atoms with van der Waals surface area (Å²) >= 11 is 5.73. The van der Waals surface area contributed by atoms with E-state index >= 15 is 0 Å². The highest BCUT2D eigenvalue weighted by molar-refractivity contribution is 7.92. The van der Waals surface area contributed by atoms with E-state index in [9.17, 15) is 22.8 Å². The molecule has 0 aliphatic carbocycles. The normalized spacial score (nSPS) is 10.9. The number of carboxylic acid groups (broad SMARTS) is 1. The molecule has 1 aromatic heterocycles. The van der Waals surface area contributed by atoms with Crippen molar-refractivity contribution in [1.29, 1.82) is 0 Å². The van der Waals surface area contributed by atoms with Gasteiger partial charge < -0.3 is 10.4 Å². The maximum Gasteiger partial charge on any atom is 0.322 e. The molecule has 1 heterocycles. The third kappa shape index (κ3) is 4.78. The van der Waals surface area contributed by atoms with Crippen molar-refractivity contribution in [2.75, 3.05) is 11.3 Å². The van der Waals surface area contributed by atoms with Crippen LogP contribution in [-0.4, -0.2) is 41.9 Å². The van der Waals surface area contributed by atoms with E-state index in [0.717, 1.165) is 6.20 Å². The van der Waals surface area contributed by atoms with Crippen LogP contribution >= 0.6 is 11.6 Å². The number of sulfonamides is 1. The molecule has 2 rings (SSSR count). The van der Waals surface area contributed by atoms with Gasteiger partial charge in [0.25, 0.3) is 21.5 Å². The van der Waals surface area contributed by atoms with Crippen molar-refractivity contribution in [2.24, 2.45) is 0 Å². The monoisotopic (exact) mass is 386 g/mol. The number of carbonyl (C=O) groups is 2. The van der Waals surface area contributed by atoms with Gasteiger partial charge in [0.1, 0.15) is 12.1 Å². The van der Waals surface area contributed by atoms with E-state index in [1.165, 1.54) is 24.3 Å². The van der Waals surface area contributed by atoms with Crippen LogP contribution in [0.5, 0.6) is 0 Å². The zero-order valence-electron chi connectivity index (χ0n) is 12.3. The molecule has 0 aliphatic heterocycles. The Morgan fingerprint density at radius 3 is 2.64 bits per heavy atom. The molecule has 0 fully saturated rings. The van der Waals surface area contributed by atoms with E-state index in [4.69, 9.17) is 16.7 Å². The van der Waals surface area contributed by atoms with Crippen molar-refractivity contribution >= 4 is 39.4 Å². The lowest BCUT2D eigenvalue weighted by Gasteiger charge is -2.08. The quantitative estimate of drug-likeness (QED) is 0.545. The molecule has 0 atom stereocenters. The minimum absolute atomic E-state index is 0.147. The number of hydrogen-bond acceptors (Lipinski definition) is 6. The molecule has 2 aromatic rings. The molecule has 0 aliphatic rings. The minimum atomic E-state index is -4.05. The number of nitrogens with one attached hydrogen (secondary N) is 3. The average molecular weight is 387 g/mol. The zero-order valence-corrected chi connectivity index (χ0v) is 13.9. The summed E-state index contributed by atoms with van der Waals surface area (Å²) in [7, 11) is -4.05. The molecule has 10 nitrogen and oxygen atoms in total. The summed E-state index contributed by atoms with van der Waals surface area (Å²) < 4.78 is 26.4. The van der Waals surface area contributed by atoms with Crippen molar-refractivity contribution in [3.05, 3.63) is 51.4 Å². The molecule has 0 radical (unpaired) electrons. The third-order valence-electron chi connectivity index (χ3n) is 2.78. The summed E-state index contributed by atoms with van der Waals surface area (Å²) in [5.41, 5.74) is -1.41. The number of aromatic nitrogens is 2. The lowest BCUT2D eigenvalue weighted by atomic mass is 10.3. The lowest BCUT2D eigenvalue weighted by Crippen LogP contribution is -2.34. The molecule has 0 saturated heterocycles. The van der Waals surface area contributed by atoms with Gasteiger partial charge in [0.05, 0.1) is 4.90 Å².